The molecule has 140 valence electrons. The van der Waals surface area contributed by atoms with Gasteiger partial charge in [-0.05, 0) is 30.7 Å². The first-order chi connectivity index (χ1) is 12.8. The molecule has 0 aliphatic rings. The average Bonchev–Trinajstić information content (AvgIpc) is 3.07. The summed E-state index contributed by atoms with van der Waals surface area (Å²) >= 11 is 0. The quantitative estimate of drug-likeness (QED) is 0.750. The Morgan fingerprint density at radius 3 is 2.59 bits per heavy atom. The highest BCUT2D eigenvalue weighted by Crippen LogP contribution is 2.33. The minimum atomic E-state index is -4.86. The van der Waals surface area contributed by atoms with E-state index in [4.69, 9.17) is 4.74 Å². The molecule has 0 atom stereocenters. The zero-order valence-electron chi connectivity index (χ0n) is 14.2. The second-order valence-corrected chi connectivity index (χ2v) is 5.42. The summed E-state index contributed by atoms with van der Waals surface area (Å²) in [5, 5.41) is 13.3. The molecule has 3 aromatic heterocycles. The number of alkyl halides is 3. The summed E-state index contributed by atoms with van der Waals surface area (Å²) in [6, 6.07) is 5.81. The van der Waals surface area contributed by atoms with Gasteiger partial charge in [0, 0.05) is 12.3 Å². The summed E-state index contributed by atoms with van der Waals surface area (Å²) in [6.07, 6.45) is -2.60. The first-order valence-electron chi connectivity index (χ1n) is 7.57. The van der Waals surface area contributed by atoms with E-state index in [1.807, 2.05) is 0 Å². The molecule has 0 aliphatic carbocycles. The van der Waals surface area contributed by atoms with Crippen LogP contribution in [0.3, 0.4) is 0 Å². The summed E-state index contributed by atoms with van der Waals surface area (Å²) in [6.45, 7) is 1.76. The second-order valence-electron chi connectivity index (χ2n) is 5.42. The zero-order valence-corrected chi connectivity index (χ0v) is 14.2. The minimum Gasteiger partial charge on any atom is -0.480 e. The number of methoxy groups -OCH3 is 1. The number of aryl methyl sites for hydroxylation is 1. The Labute approximate surface area is 151 Å². The monoisotopic (exact) mass is 378 g/mol. The molecule has 0 fully saturated rings. The van der Waals surface area contributed by atoms with Gasteiger partial charge >= 0.3 is 6.18 Å². The van der Waals surface area contributed by atoms with E-state index in [1.54, 1.807) is 13.0 Å². The molecule has 3 aromatic rings. The van der Waals surface area contributed by atoms with Crippen molar-refractivity contribution < 1.29 is 22.7 Å². The zero-order chi connectivity index (χ0) is 19.6. The molecule has 1 N–H and O–H groups in total. The number of ether oxygens (including phenoxy) is 1. The van der Waals surface area contributed by atoms with E-state index in [1.165, 1.54) is 31.5 Å². The van der Waals surface area contributed by atoms with E-state index in [-0.39, 0.29) is 17.5 Å². The van der Waals surface area contributed by atoms with Crippen molar-refractivity contribution >= 4 is 11.7 Å². The number of carbonyl (C=O) groups excluding carboxylic acids is 1. The lowest BCUT2D eigenvalue weighted by atomic mass is 10.2. The fraction of sp³-hybridized carbons (Fsp3) is 0.188. The molecule has 27 heavy (non-hydrogen) atoms. The Morgan fingerprint density at radius 2 is 2.00 bits per heavy atom. The highest BCUT2D eigenvalue weighted by molar-refractivity contribution is 6.04. The lowest BCUT2D eigenvalue weighted by molar-refractivity contribution is -0.143. The van der Waals surface area contributed by atoms with Crippen molar-refractivity contribution in [3.05, 3.63) is 53.5 Å². The number of hydrogen-bond acceptors (Lipinski definition) is 6. The maximum absolute atomic E-state index is 13.6. The number of amides is 1. The number of nitrogens with zero attached hydrogens (tertiary/aromatic N) is 5. The number of carbonyl (C=O) groups is 1. The molecule has 11 heteroatoms. The van der Waals surface area contributed by atoms with Crippen LogP contribution < -0.4 is 10.1 Å². The van der Waals surface area contributed by atoms with Crippen molar-refractivity contribution in [3.63, 3.8) is 0 Å². The molecular weight excluding hydrogens is 365 g/mol. The van der Waals surface area contributed by atoms with Gasteiger partial charge in [0.2, 0.25) is 5.88 Å². The molecule has 0 saturated carbocycles. The highest BCUT2D eigenvalue weighted by atomic mass is 19.4. The van der Waals surface area contributed by atoms with E-state index in [0.29, 0.717) is 4.68 Å². The predicted octanol–water partition coefficient (Wildman–Crippen LogP) is 2.65. The molecule has 0 aromatic carbocycles. The summed E-state index contributed by atoms with van der Waals surface area (Å²) in [4.78, 5) is 16.3. The molecule has 0 unspecified atom stereocenters. The lowest BCUT2D eigenvalue weighted by Gasteiger charge is -2.12. The van der Waals surface area contributed by atoms with Gasteiger partial charge < -0.3 is 10.1 Å². The average molecular weight is 378 g/mol. The largest absolute Gasteiger partial charge is 0.480 e. The van der Waals surface area contributed by atoms with Crippen molar-refractivity contribution in [1.29, 1.82) is 0 Å². The summed E-state index contributed by atoms with van der Waals surface area (Å²) in [5.74, 6) is -0.947. The molecular formula is C16H13F3N6O2. The third kappa shape index (κ3) is 3.86. The number of halogens is 3. The Balaban J connectivity index is 2.00. The van der Waals surface area contributed by atoms with Gasteiger partial charge in [0.15, 0.2) is 11.5 Å². The van der Waals surface area contributed by atoms with E-state index in [2.05, 4.69) is 25.6 Å². The molecule has 0 aliphatic heterocycles. The summed E-state index contributed by atoms with van der Waals surface area (Å²) in [5.41, 5.74) is -1.14. The van der Waals surface area contributed by atoms with E-state index in [9.17, 15) is 18.0 Å². The second kappa shape index (κ2) is 7.02. The standard InChI is InChI=1S/C16H13F3N6O2/c1-9-5-6-20-11(7-9)22-15(26)10-8-21-25(14(10)16(17,18)19)12-3-4-13(27-2)24-23-12/h3-8H,1-2H3,(H,20,22,26). The van der Waals surface area contributed by atoms with Crippen LogP contribution in [0.25, 0.3) is 5.82 Å². The van der Waals surface area contributed by atoms with E-state index < -0.39 is 23.3 Å². The van der Waals surface area contributed by atoms with Gasteiger partial charge in [-0.15, -0.1) is 10.2 Å². The van der Waals surface area contributed by atoms with Crippen LogP contribution >= 0.6 is 0 Å². The van der Waals surface area contributed by atoms with Crippen molar-refractivity contribution in [1.82, 2.24) is 25.0 Å². The summed E-state index contributed by atoms with van der Waals surface area (Å²) < 4.78 is 46.2. The Bertz CT molecular complexity index is 969. The SMILES string of the molecule is COc1ccc(-n2ncc(C(=O)Nc3cc(C)ccn3)c2C(F)(F)F)nn1. The van der Waals surface area contributed by atoms with Crippen LogP contribution in [0.1, 0.15) is 21.6 Å². The van der Waals surface area contributed by atoms with Crippen LogP contribution in [-0.2, 0) is 6.18 Å². The van der Waals surface area contributed by atoms with Gasteiger partial charge in [0.25, 0.3) is 5.91 Å². The number of hydrogen-bond donors (Lipinski definition) is 1. The van der Waals surface area contributed by atoms with Gasteiger partial charge in [-0.25, -0.2) is 9.67 Å². The third-order valence-corrected chi connectivity index (χ3v) is 3.49. The fourth-order valence-corrected chi connectivity index (χ4v) is 2.28. The lowest BCUT2D eigenvalue weighted by Crippen LogP contribution is -2.21. The van der Waals surface area contributed by atoms with E-state index in [0.717, 1.165) is 11.8 Å². The molecule has 8 nitrogen and oxygen atoms in total. The molecule has 0 bridgehead atoms. The van der Waals surface area contributed by atoms with Crippen LogP contribution in [-0.4, -0.2) is 38.0 Å². The van der Waals surface area contributed by atoms with Crippen molar-refractivity contribution in [2.45, 2.75) is 13.1 Å². The Kier molecular flexibility index (Phi) is 4.75. The minimum absolute atomic E-state index is 0.128. The number of rotatable bonds is 4. The molecule has 3 rings (SSSR count). The Hall–Kier alpha value is -3.50. The highest BCUT2D eigenvalue weighted by Gasteiger charge is 2.41. The molecule has 1 amide bonds. The topological polar surface area (TPSA) is 94.8 Å². The maximum atomic E-state index is 13.6. The van der Waals surface area contributed by atoms with Crippen LogP contribution in [0.4, 0.5) is 19.0 Å². The van der Waals surface area contributed by atoms with Crippen molar-refractivity contribution in [2.75, 3.05) is 12.4 Å². The smallest absolute Gasteiger partial charge is 0.434 e. The molecule has 0 spiro atoms. The molecule has 3 heterocycles. The van der Waals surface area contributed by atoms with Crippen LogP contribution in [0.15, 0.2) is 36.7 Å². The van der Waals surface area contributed by atoms with Gasteiger partial charge in [-0.3, -0.25) is 4.79 Å². The van der Waals surface area contributed by atoms with Crippen LogP contribution in [0.5, 0.6) is 5.88 Å². The Morgan fingerprint density at radius 1 is 1.22 bits per heavy atom. The van der Waals surface area contributed by atoms with Gasteiger partial charge in [0.05, 0.1) is 18.9 Å². The number of aromatic nitrogens is 5. The van der Waals surface area contributed by atoms with Gasteiger partial charge in [-0.2, -0.15) is 18.3 Å². The third-order valence-electron chi connectivity index (χ3n) is 3.49. The van der Waals surface area contributed by atoms with Crippen LogP contribution in [0.2, 0.25) is 0 Å². The van der Waals surface area contributed by atoms with E-state index >= 15 is 0 Å². The van der Waals surface area contributed by atoms with Gasteiger partial charge in [-0.1, -0.05) is 0 Å². The van der Waals surface area contributed by atoms with Gasteiger partial charge in [0.1, 0.15) is 5.82 Å². The summed E-state index contributed by atoms with van der Waals surface area (Å²) in [7, 11) is 1.35. The van der Waals surface area contributed by atoms with Crippen molar-refractivity contribution in [3.8, 4) is 11.7 Å². The number of nitrogens with one attached hydrogen (secondary N) is 1. The predicted molar refractivity (Wildman–Crippen MR) is 87.6 cm³/mol. The maximum Gasteiger partial charge on any atom is 0.434 e. The fourth-order valence-electron chi connectivity index (χ4n) is 2.28. The molecule has 0 radical (unpaired) electrons. The molecule has 0 saturated heterocycles. The normalized spacial score (nSPS) is 11.3. The number of anilines is 1. The first kappa shape index (κ1) is 18.3. The first-order valence-corrected chi connectivity index (χ1v) is 7.57. The number of pyridine rings is 1. The van der Waals surface area contributed by atoms with Crippen LogP contribution in [0, 0.1) is 6.92 Å². The van der Waals surface area contributed by atoms with Crippen molar-refractivity contribution in [2.24, 2.45) is 0 Å².